The molecule has 0 radical (unpaired) electrons. The molecule has 29 heavy (non-hydrogen) atoms. The number of oxime groups is 1. The third-order valence-electron chi connectivity index (χ3n) is 4.91. The van der Waals surface area contributed by atoms with Gasteiger partial charge in [0.25, 0.3) is 5.60 Å². The SMILES string of the molecule is CCCCC1=NOC(C(=O)O)(C(OCc2ccc(F)cc2)c2ccc(Cl)cc2)C1. The molecule has 2 aromatic carbocycles. The molecule has 0 saturated carbocycles. The third kappa shape index (κ3) is 4.95. The van der Waals surface area contributed by atoms with Gasteiger partial charge in [-0.2, -0.15) is 0 Å². The summed E-state index contributed by atoms with van der Waals surface area (Å²) in [5.41, 5.74) is 0.372. The normalized spacial score (nSPS) is 19.5. The molecular weight excluding hydrogens is 397 g/mol. The molecule has 2 atom stereocenters. The van der Waals surface area contributed by atoms with Crippen molar-refractivity contribution in [1.82, 2.24) is 0 Å². The van der Waals surface area contributed by atoms with E-state index in [1.54, 1.807) is 36.4 Å². The topological polar surface area (TPSA) is 68.1 Å². The largest absolute Gasteiger partial charge is 0.478 e. The molecule has 1 aliphatic rings. The van der Waals surface area contributed by atoms with E-state index < -0.39 is 17.7 Å². The maximum absolute atomic E-state index is 13.2. The van der Waals surface area contributed by atoms with Crippen LogP contribution in [0.15, 0.2) is 53.7 Å². The number of benzene rings is 2. The number of ether oxygens (including phenoxy) is 1. The van der Waals surface area contributed by atoms with Gasteiger partial charge in [-0.1, -0.05) is 54.4 Å². The van der Waals surface area contributed by atoms with Gasteiger partial charge in [0.2, 0.25) is 0 Å². The van der Waals surface area contributed by atoms with E-state index in [-0.39, 0.29) is 18.8 Å². The van der Waals surface area contributed by atoms with Crippen molar-refractivity contribution in [3.05, 3.63) is 70.5 Å². The Bertz CT molecular complexity index is 869. The number of carbonyl (C=O) groups is 1. The van der Waals surface area contributed by atoms with Gasteiger partial charge < -0.3 is 14.7 Å². The molecule has 0 amide bonds. The first-order chi connectivity index (χ1) is 13.9. The summed E-state index contributed by atoms with van der Waals surface area (Å²) in [5.74, 6) is -1.50. The summed E-state index contributed by atoms with van der Waals surface area (Å²) in [5, 5.41) is 14.7. The fraction of sp³-hybridized carbons (Fsp3) is 0.364. The predicted octanol–water partition coefficient (Wildman–Crippen LogP) is 5.53. The van der Waals surface area contributed by atoms with Gasteiger partial charge in [0.15, 0.2) is 0 Å². The monoisotopic (exact) mass is 419 g/mol. The maximum Gasteiger partial charge on any atom is 0.354 e. The minimum Gasteiger partial charge on any atom is -0.478 e. The number of hydrogen-bond donors (Lipinski definition) is 1. The van der Waals surface area contributed by atoms with Crippen molar-refractivity contribution < 1.29 is 23.9 Å². The minimum atomic E-state index is -1.67. The smallest absolute Gasteiger partial charge is 0.354 e. The van der Waals surface area contributed by atoms with Crippen molar-refractivity contribution in [3.63, 3.8) is 0 Å². The van der Waals surface area contributed by atoms with Crippen LogP contribution in [0.2, 0.25) is 5.02 Å². The number of unbranched alkanes of at least 4 members (excludes halogenated alkanes) is 1. The molecule has 2 unspecified atom stereocenters. The molecule has 0 aromatic heterocycles. The number of hydrogen-bond acceptors (Lipinski definition) is 4. The Labute approximate surface area is 174 Å². The van der Waals surface area contributed by atoms with Crippen molar-refractivity contribution in [1.29, 1.82) is 0 Å². The number of carboxylic acids is 1. The average molecular weight is 420 g/mol. The molecule has 3 rings (SSSR count). The second-order valence-electron chi connectivity index (χ2n) is 7.09. The van der Waals surface area contributed by atoms with E-state index in [0.717, 1.165) is 18.4 Å². The van der Waals surface area contributed by atoms with Gasteiger partial charge in [0.05, 0.1) is 12.3 Å². The van der Waals surface area contributed by atoms with E-state index in [0.29, 0.717) is 22.7 Å². The minimum absolute atomic E-state index is 0.0935. The molecule has 1 aliphatic heterocycles. The molecule has 2 aromatic rings. The fourth-order valence-corrected chi connectivity index (χ4v) is 3.42. The standard InChI is InChI=1S/C22H23ClFNO4/c1-2-3-4-19-13-22(21(26)27,29-25-19)20(16-7-9-17(23)10-8-16)28-14-15-5-11-18(24)12-6-15/h5-12,20H,2-4,13-14H2,1H3,(H,26,27). The lowest BCUT2D eigenvalue weighted by atomic mass is 9.85. The zero-order valence-corrected chi connectivity index (χ0v) is 16.9. The maximum atomic E-state index is 13.2. The highest BCUT2D eigenvalue weighted by atomic mass is 35.5. The second kappa shape index (κ2) is 9.37. The first-order valence-corrected chi connectivity index (χ1v) is 9.91. The number of carboxylic acid groups (broad SMARTS) is 1. The second-order valence-corrected chi connectivity index (χ2v) is 7.53. The number of aliphatic carboxylic acids is 1. The number of halogens is 2. The molecule has 1 heterocycles. The Kier molecular flexibility index (Phi) is 6.87. The molecular formula is C22H23ClFNO4. The molecule has 0 fully saturated rings. The van der Waals surface area contributed by atoms with Gasteiger partial charge >= 0.3 is 5.97 Å². The van der Waals surface area contributed by atoms with E-state index in [2.05, 4.69) is 12.1 Å². The zero-order valence-electron chi connectivity index (χ0n) is 16.1. The van der Waals surface area contributed by atoms with E-state index in [1.807, 2.05) is 0 Å². The van der Waals surface area contributed by atoms with E-state index in [9.17, 15) is 14.3 Å². The first kappa shape index (κ1) is 21.3. The summed E-state index contributed by atoms with van der Waals surface area (Å²) in [7, 11) is 0. The van der Waals surface area contributed by atoms with Gasteiger partial charge in [0.1, 0.15) is 11.9 Å². The highest BCUT2D eigenvalue weighted by Crippen LogP contribution is 2.41. The quantitative estimate of drug-likeness (QED) is 0.580. The summed E-state index contributed by atoms with van der Waals surface area (Å²) < 4.78 is 19.2. The number of rotatable bonds is 9. The van der Waals surface area contributed by atoms with Crippen LogP contribution in [0.3, 0.4) is 0 Å². The molecule has 154 valence electrons. The molecule has 0 bridgehead atoms. The van der Waals surface area contributed by atoms with Crippen LogP contribution in [0.4, 0.5) is 4.39 Å². The molecule has 0 aliphatic carbocycles. The lowest BCUT2D eigenvalue weighted by Crippen LogP contribution is -2.46. The van der Waals surface area contributed by atoms with Gasteiger partial charge in [-0.15, -0.1) is 0 Å². The Morgan fingerprint density at radius 1 is 1.28 bits per heavy atom. The summed E-state index contributed by atoms with van der Waals surface area (Å²) in [4.78, 5) is 17.9. The van der Waals surface area contributed by atoms with Crippen LogP contribution in [-0.2, 0) is 21.0 Å². The van der Waals surface area contributed by atoms with Crippen LogP contribution in [0.1, 0.15) is 49.8 Å². The van der Waals surface area contributed by atoms with E-state index >= 15 is 0 Å². The molecule has 1 N–H and O–H groups in total. The van der Waals surface area contributed by atoms with Crippen molar-refractivity contribution in [2.24, 2.45) is 5.16 Å². The summed E-state index contributed by atoms with van der Waals surface area (Å²) >= 11 is 5.99. The van der Waals surface area contributed by atoms with Crippen LogP contribution in [0, 0.1) is 5.82 Å². The van der Waals surface area contributed by atoms with Crippen molar-refractivity contribution in [2.45, 2.75) is 50.9 Å². The Morgan fingerprint density at radius 2 is 1.97 bits per heavy atom. The van der Waals surface area contributed by atoms with Crippen LogP contribution in [-0.4, -0.2) is 22.4 Å². The van der Waals surface area contributed by atoms with Gasteiger partial charge in [-0.25, -0.2) is 9.18 Å². The summed E-state index contributed by atoms with van der Waals surface area (Å²) in [6.07, 6.45) is 1.77. The Morgan fingerprint density at radius 3 is 2.59 bits per heavy atom. The number of nitrogens with zero attached hydrogens (tertiary/aromatic N) is 1. The van der Waals surface area contributed by atoms with Crippen LogP contribution in [0.25, 0.3) is 0 Å². The summed E-state index contributed by atoms with van der Waals surface area (Å²) in [6.45, 7) is 2.15. The highest BCUT2D eigenvalue weighted by molar-refractivity contribution is 6.30. The predicted molar refractivity (Wildman–Crippen MR) is 108 cm³/mol. The van der Waals surface area contributed by atoms with Crippen LogP contribution in [0.5, 0.6) is 0 Å². The average Bonchev–Trinajstić information content (AvgIpc) is 3.15. The van der Waals surface area contributed by atoms with Gasteiger partial charge in [-0.05, 0) is 48.2 Å². The molecule has 0 spiro atoms. The van der Waals surface area contributed by atoms with Crippen molar-refractivity contribution in [2.75, 3.05) is 0 Å². The highest BCUT2D eigenvalue weighted by Gasteiger charge is 2.54. The molecule has 0 saturated heterocycles. The lowest BCUT2D eigenvalue weighted by molar-refractivity contribution is -0.187. The van der Waals surface area contributed by atoms with Crippen LogP contribution >= 0.6 is 11.6 Å². The Balaban J connectivity index is 1.89. The zero-order chi connectivity index (χ0) is 20.9. The Hall–Kier alpha value is -2.44. The lowest BCUT2D eigenvalue weighted by Gasteiger charge is -2.31. The first-order valence-electron chi connectivity index (χ1n) is 9.53. The molecule has 7 heteroatoms. The van der Waals surface area contributed by atoms with E-state index in [4.69, 9.17) is 21.2 Å². The molecule has 5 nitrogen and oxygen atoms in total. The summed E-state index contributed by atoms with van der Waals surface area (Å²) in [6, 6.07) is 12.7. The van der Waals surface area contributed by atoms with Crippen molar-refractivity contribution in [3.8, 4) is 0 Å². The fourth-order valence-electron chi connectivity index (χ4n) is 3.29. The van der Waals surface area contributed by atoms with E-state index in [1.165, 1.54) is 12.1 Å². The van der Waals surface area contributed by atoms with Gasteiger partial charge in [0, 0.05) is 11.4 Å². The third-order valence-corrected chi connectivity index (χ3v) is 5.16. The van der Waals surface area contributed by atoms with Crippen LogP contribution < -0.4 is 0 Å². The van der Waals surface area contributed by atoms with Gasteiger partial charge in [-0.3, -0.25) is 0 Å². The van der Waals surface area contributed by atoms with Crippen molar-refractivity contribution >= 4 is 23.3 Å².